The van der Waals surface area contributed by atoms with E-state index in [0.29, 0.717) is 0 Å². The summed E-state index contributed by atoms with van der Waals surface area (Å²) in [6.45, 7) is 3.01. The molecule has 0 spiro atoms. The van der Waals surface area contributed by atoms with Gasteiger partial charge in [0.15, 0.2) is 0 Å². The molecule has 2 aromatic carbocycles. The van der Waals surface area contributed by atoms with Crippen LogP contribution in [-0.4, -0.2) is 19.7 Å². The van der Waals surface area contributed by atoms with Crippen LogP contribution in [0.25, 0.3) is 10.8 Å². The van der Waals surface area contributed by atoms with E-state index < -0.39 is 0 Å². The molecule has 0 aromatic heterocycles. The van der Waals surface area contributed by atoms with Crippen LogP contribution in [0.15, 0.2) is 36.4 Å². The fourth-order valence-electron chi connectivity index (χ4n) is 2.12. The highest BCUT2D eigenvalue weighted by Crippen LogP contribution is 2.23. The number of methoxy groups -OCH3 is 1. The Morgan fingerprint density at radius 3 is 2.63 bits per heavy atom. The number of nitrogens with two attached hydrogens (primary N) is 1. The van der Waals surface area contributed by atoms with Gasteiger partial charge in [-0.2, -0.15) is 0 Å². The van der Waals surface area contributed by atoms with Crippen LogP contribution in [0.2, 0.25) is 0 Å². The zero-order valence-corrected chi connectivity index (χ0v) is 11.6. The van der Waals surface area contributed by atoms with Gasteiger partial charge in [0.05, 0.1) is 7.11 Å². The van der Waals surface area contributed by atoms with Crippen LogP contribution in [-0.2, 0) is 0 Å². The number of nitrogens with one attached hydrogen (secondary N) is 1. The van der Waals surface area contributed by atoms with Gasteiger partial charge in [-0.25, -0.2) is 0 Å². The smallest absolute Gasteiger partial charge is 0.119 e. The van der Waals surface area contributed by atoms with Crippen LogP contribution in [0.5, 0.6) is 5.75 Å². The molecule has 0 bridgehead atoms. The lowest BCUT2D eigenvalue weighted by Crippen LogP contribution is -2.16. The van der Waals surface area contributed by atoms with E-state index in [1.807, 2.05) is 13.0 Å². The second kappa shape index (κ2) is 6.43. The Morgan fingerprint density at radius 1 is 1.16 bits per heavy atom. The predicted molar refractivity (Wildman–Crippen MR) is 81.9 cm³/mol. The number of rotatable bonds is 6. The number of hydrogen-bond acceptors (Lipinski definition) is 3. The van der Waals surface area contributed by atoms with Gasteiger partial charge in [-0.05, 0) is 54.8 Å². The quantitative estimate of drug-likeness (QED) is 0.781. The van der Waals surface area contributed by atoms with Crippen molar-refractivity contribution in [3.05, 3.63) is 36.4 Å². The molecule has 2 aromatic rings. The maximum absolute atomic E-state index is 5.73. The summed E-state index contributed by atoms with van der Waals surface area (Å²) in [5, 5.41) is 5.85. The minimum atomic E-state index is 0.283. The van der Waals surface area contributed by atoms with Crippen molar-refractivity contribution < 1.29 is 4.74 Å². The summed E-state index contributed by atoms with van der Waals surface area (Å²) in [5.41, 5.74) is 6.89. The van der Waals surface area contributed by atoms with Crippen LogP contribution < -0.4 is 15.8 Å². The Morgan fingerprint density at radius 2 is 1.89 bits per heavy atom. The summed E-state index contributed by atoms with van der Waals surface area (Å²) in [6.07, 6.45) is 2.15. The molecule has 1 atom stereocenters. The first-order valence-corrected chi connectivity index (χ1v) is 6.76. The summed E-state index contributed by atoms with van der Waals surface area (Å²) in [5.74, 6) is 0.894. The molecule has 0 aliphatic heterocycles. The largest absolute Gasteiger partial charge is 0.497 e. The maximum atomic E-state index is 5.73. The van der Waals surface area contributed by atoms with Gasteiger partial charge >= 0.3 is 0 Å². The van der Waals surface area contributed by atoms with Crippen LogP contribution in [0.1, 0.15) is 19.8 Å². The summed E-state index contributed by atoms with van der Waals surface area (Å²) < 4.78 is 5.23. The van der Waals surface area contributed by atoms with Crippen molar-refractivity contribution in [3.8, 4) is 5.75 Å². The van der Waals surface area contributed by atoms with E-state index in [-0.39, 0.29) is 6.04 Å². The van der Waals surface area contributed by atoms with Crippen LogP contribution in [0.4, 0.5) is 5.69 Å². The molecule has 0 saturated heterocycles. The average molecular weight is 258 g/mol. The van der Waals surface area contributed by atoms with Gasteiger partial charge in [0.2, 0.25) is 0 Å². The SMILES string of the molecule is COc1ccc2cc(NCCCC(C)N)ccc2c1. The highest BCUT2D eigenvalue weighted by Gasteiger charge is 1.99. The van der Waals surface area contributed by atoms with E-state index in [4.69, 9.17) is 10.5 Å². The van der Waals surface area contributed by atoms with Gasteiger partial charge in [0.1, 0.15) is 5.75 Å². The molecule has 0 amide bonds. The number of anilines is 1. The Bertz CT molecular complexity index is 537. The van der Waals surface area contributed by atoms with Gasteiger partial charge < -0.3 is 15.8 Å². The molecule has 3 heteroatoms. The zero-order chi connectivity index (χ0) is 13.7. The van der Waals surface area contributed by atoms with E-state index in [1.54, 1.807) is 7.11 Å². The van der Waals surface area contributed by atoms with Crippen LogP contribution in [0, 0.1) is 0 Å². The first-order valence-electron chi connectivity index (χ1n) is 6.76. The minimum Gasteiger partial charge on any atom is -0.497 e. The standard InChI is InChI=1S/C16H22N2O/c1-12(17)4-3-9-18-15-7-5-14-11-16(19-2)8-6-13(14)10-15/h5-8,10-12,18H,3-4,9,17H2,1-2H3. The maximum Gasteiger partial charge on any atom is 0.119 e. The Balaban J connectivity index is 2.01. The topological polar surface area (TPSA) is 47.3 Å². The second-order valence-corrected chi connectivity index (χ2v) is 4.97. The lowest BCUT2D eigenvalue weighted by Gasteiger charge is -2.09. The molecule has 0 aliphatic rings. The van der Waals surface area contributed by atoms with Gasteiger partial charge in [0, 0.05) is 18.3 Å². The van der Waals surface area contributed by atoms with E-state index >= 15 is 0 Å². The molecule has 3 N–H and O–H groups in total. The molecule has 1 unspecified atom stereocenters. The highest BCUT2D eigenvalue weighted by molar-refractivity contribution is 5.86. The van der Waals surface area contributed by atoms with E-state index in [2.05, 4.69) is 35.6 Å². The predicted octanol–water partition coefficient (Wildman–Crippen LogP) is 3.39. The van der Waals surface area contributed by atoms with Crippen molar-refractivity contribution in [3.63, 3.8) is 0 Å². The van der Waals surface area contributed by atoms with Crippen molar-refractivity contribution in [2.75, 3.05) is 19.0 Å². The molecular formula is C16H22N2O. The summed E-state index contributed by atoms with van der Waals surface area (Å²) >= 11 is 0. The molecule has 19 heavy (non-hydrogen) atoms. The lowest BCUT2D eigenvalue weighted by atomic mass is 10.1. The number of ether oxygens (including phenoxy) is 1. The average Bonchev–Trinajstić information content (AvgIpc) is 2.42. The Kier molecular flexibility index (Phi) is 4.63. The Hall–Kier alpha value is -1.74. The van der Waals surface area contributed by atoms with Gasteiger partial charge in [-0.3, -0.25) is 0 Å². The van der Waals surface area contributed by atoms with Crippen molar-refractivity contribution in [1.29, 1.82) is 0 Å². The zero-order valence-electron chi connectivity index (χ0n) is 11.6. The number of fused-ring (bicyclic) bond motifs is 1. The molecule has 0 fully saturated rings. The van der Waals surface area contributed by atoms with E-state index in [9.17, 15) is 0 Å². The molecule has 2 rings (SSSR count). The van der Waals surface area contributed by atoms with Crippen LogP contribution >= 0.6 is 0 Å². The fraction of sp³-hybridized carbons (Fsp3) is 0.375. The van der Waals surface area contributed by atoms with Gasteiger partial charge in [-0.15, -0.1) is 0 Å². The summed E-state index contributed by atoms with van der Waals surface area (Å²) in [6, 6.07) is 12.8. The van der Waals surface area contributed by atoms with Gasteiger partial charge in [0.25, 0.3) is 0 Å². The van der Waals surface area contributed by atoms with Crippen LogP contribution in [0.3, 0.4) is 0 Å². The molecule has 3 nitrogen and oxygen atoms in total. The second-order valence-electron chi connectivity index (χ2n) is 4.97. The van der Waals surface area contributed by atoms with Crippen molar-refractivity contribution >= 4 is 16.5 Å². The molecule has 102 valence electrons. The third kappa shape index (κ3) is 3.86. The van der Waals surface area contributed by atoms with Crippen molar-refractivity contribution in [2.24, 2.45) is 5.73 Å². The number of benzene rings is 2. The molecular weight excluding hydrogens is 236 g/mol. The molecule has 0 saturated carbocycles. The van der Waals surface area contributed by atoms with Gasteiger partial charge in [-0.1, -0.05) is 12.1 Å². The van der Waals surface area contributed by atoms with E-state index in [0.717, 1.165) is 30.8 Å². The monoisotopic (exact) mass is 258 g/mol. The van der Waals surface area contributed by atoms with E-state index in [1.165, 1.54) is 10.8 Å². The molecule has 0 aliphatic carbocycles. The minimum absolute atomic E-state index is 0.283. The molecule has 0 radical (unpaired) electrons. The fourth-order valence-corrected chi connectivity index (χ4v) is 2.12. The van der Waals surface area contributed by atoms with Crippen molar-refractivity contribution in [2.45, 2.75) is 25.8 Å². The lowest BCUT2D eigenvalue weighted by molar-refractivity contribution is 0.415. The first kappa shape index (κ1) is 13.7. The Labute approximate surface area is 114 Å². The normalized spacial score (nSPS) is 12.4. The summed E-state index contributed by atoms with van der Waals surface area (Å²) in [7, 11) is 1.69. The third-order valence-corrected chi connectivity index (χ3v) is 3.21. The third-order valence-electron chi connectivity index (χ3n) is 3.21. The molecule has 0 heterocycles. The number of hydrogen-bond donors (Lipinski definition) is 2. The van der Waals surface area contributed by atoms with Crippen molar-refractivity contribution in [1.82, 2.24) is 0 Å². The highest BCUT2D eigenvalue weighted by atomic mass is 16.5. The summed E-state index contributed by atoms with van der Waals surface area (Å²) in [4.78, 5) is 0. The first-order chi connectivity index (χ1) is 9.19.